The Bertz CT molecular complexity index is 1170. The second-order valence-corrected chi connectivity index (χ2v) is 7.38. The molecule has 2 aromatic rings. The molecule has 1 aliphatic rings. The molecule has 9 heteroatoms. The summed E-state index contributed by atoms with van der Waals surface area (Å²) >= 11 is 0. The molecule has 1 N–H and O–H groups in total. The van der Waals surface area contributed by atoms with Crippen LogP contribution < -0.4 is 5.32 Å². The highest BCUT2D eigenvalue weighted by Crippen LogP contribution is 2.29. The van der Waals surface area contributed by atoms with Crippen molar-refractivity contribution in [2.45, 2.75) is 4.90 Å². The molecule has 27 heavy (non-hydrogen) atoms. The number of fused-ring (bicyclic) bond motifs is 1. The number of sulfone groups is 1. The second-order valence-electron chi connectivity index (χ2n) is 5.58. The SMILES string of the molecule is N#CC(=Cc1cccc([N+](=O)[O-])c1)C(=O)Nc1ccc2c(c1)S(=O)(=O)C=C2. The lowest BCUT2D eigenvalue weighted by atomic mass is 10.1. The molecular formula is C18H11N3O5S. The maximum Gasteiger partial charge on any atom is 0.270 e. The number of carbonyl (C=O) groups excluding carboxylic acids is 1. The molecule has 0 fully saturated rings. The molecule has 2 aromatic carbocycles. The first kappa shape index (κ1) is 18.0. The van der Waals surface area contributed by atoms with Crippen molar-refractivity contribution in [2.75, 3.05) is 5.32 Å². The van der Waals surface area contributed by atoms with Gasteiger partial charge in [-0.15, -0.1) is 0 Å². The largest absolute Gasteiger partial charge is 0.321 e. The normalized spacial score (nSPS) is 14.3. The molecule has 8 nitrogen and oxygen atoms in total. The number of nitriles is 1. The van der Waals surface area contributed by atoms with E-state index in [1.165, 1.54) is 48.6 Å². The Morgan fingerprint density at radius 1 is 1.22 bits per heavy atom. The molecule has 0 bridgehead atoms. The number of nitrogens with one attached hydrogen (secondary N) is 1. The van der Waals surface area contributed by atoms with Crippen LogP contribution in [-0.4, -0.2) is 19.2 Å². The van der Waals surface area contributed by atoms with Gasteiger partial charge in [0.1, 0.15) is 11.6 Å². The standard InChI is InChI=1S/C18H11N3O5S/c19-11-14(8-12-2-1-3-16(9-12)21(23)24)18(22)20-15-5-4-13-6-7-27(25,26)17(13)10-15/h1-10H,(H,20,22). The highest BCUT2D eigenvalue weighted by Gasteiger charge is 2.21. The quantitative estimate of drug-likeness (QED) is 0.375. The summed E-state index contributed by atoms with van der Waals surface area (Å²) < 4.78 is 23.8. The highest BCUT2D eigenvalue weighted by molar-refractivity contribution is 7.94. The van der Waals surface area contributed by atoms with Gasteiger partial charge in [-0.25, -0.2) is 8.42 Å². The predicted octanol–water partition coefficient (Wildman–Crippen LogP) is 2.90. The van der Waals surface area contributed by atoms with Gasteiger partial charge in [-0.1, -0.05) is 18.2 Å². The van der Waals surface area contributed by atoms with Gasteiger partial charge >= 0.3 is 0 Å². The Balaban J connectivity index is 1.86. The number of rotatable bonds is 4. The van der Waals surface area contributed by atoms with Gasteiger partial charge in [-0.3, -0.25) is 14.9 Å². The highest BCUT2D eigenvalue weighted by atomic mass is 32.2. The second kappa shape index (κ2) is 6.86. The van der Waals surface area contributed by atoms with Crippen molar-refractivity contribution < 1.29 is 18.1 Å². The van der Waals surface area contributed by atoms with Crippen molar-refractivity contribution in [2.24, 2.45) is 0 Å². The average Bonchev–Trinajstić information content (AvgIpc) is 2.94. The topological polar surface area (TPSA) is 130 Å². The fourth-order valence-corrected chi connectivity index (χ4v) is 3.70. The molecule has 0 aliphatic carbocycles. The van der Waals surface area contributed by atoms with Crippen molar-refractivity contribution in [1.82, 2.24) is 0 Å². The van der Waals surface area contributed by atoms with Crippen LogP contribution in [0.1, 0.15) is 11.1 Å². The van der Waals surface area contributed by atoms with E-state index in [2.05, 4.69) is 5.32 Å². The van der Waals surface area contributed by atoms with Gasteiger partial charge in [0.2, 0.25) is 9.84 Å². The molecule has 0 spiro atoms. The maximum absolute atomic E-state index is 12.3. The monoisotopic (exact) mass is 381 g/mol. The number of amides is 1. The first-order chi connectivity index (χ1) is 12.8. The first-order valence-electron chi connectivity index (χ1n) is 7.55. The zero-order valence-corrected chi connectivity index (χ0v) is 14.4. The number of nitrogens with zero attached hydrogens (tertiary/aromatic N) is 2. The first-order valence-corrected chi connectivity index (χ1v) is 9.09. The van der Waals surface area contributed by atoms with E-state index >= 15 is 0 Å². The lowest BCUT2D eigenvalue weighted by Crippen LogP contribution is -2.13. The van der Waals surface area contributed by atoms with Crippen molar-refractivity contribution in [1.29, 1.82) is 5.26 Å². The summed E-state index contributed by atoms with van der Waals surface area (Å²) in [5.74, 6) is -0.757. The third-order valence-electron chi connectivity index (χ3n) is 3.76. The van der Waals surface area contributed by atoms with Crippen LogP contribution in [0.5, 0.6) is 0 Å². The van der Waals surface area contributed by atoms with Crippen LogP contribution in [0.15, 0.2) is 58.3 Å². The van der Waals surface area contributed by atoms with Crippen LogP contribution in [0.3, 0.4) is 0 Å². The van der Waals surface area contributed by atoms with Gasteiger partial charge in [0, 0.05) is 23.2 Å². The zero-order valence-electron chi connectivity index (χ0n) is 13.6. The van der Waals surface area contributed by atoms with Crippen LogP contribution >= 0.6 is 0 Å². The minimum absolute atomic E-state index is 0.0708. The van der Waals surface area contributed by atoms with Crippen LogP contribution in [0, 0.1) is 21.4 Å². The summed E-state index contributed by atoms with van der Waals surface area (Å²) in [5, 5.41) is 23.6. The van der Waals surface area contributed by atoms with Gasteiger partial charge in [0.05, 0.1) is 9.82 Å². The van der Waals surface area contributed by atoms with E-state index in [-0.39, 0.29) is 21.8 Å². The summed E-state index contributed by atoms with van der Waals surface area (Å²) in [6.07, 6.45) is 2.67. The molecule has 0 saturated carbocycles. The molecule has 1 amide bonds. The fourth-order valence-electron chi connectivity index (χ4n) is 2.47. The van der Waals surface area contributed by atoms with Crippen LogP contribution in [0.2, 0.25) is 0 Å². The molecule has 0 atom stereocenters. The summed E-state index contributed by atoms with van der Waals surface area (Å²) in [5.41, 5.74) is 0.596. The molecule has 0 aromatic heterocycles. The third kappa shape index (κ3) is 3.75. The van der Waals surface area contributed by atoms with Crippen molar-refractivity contribution >= 4 is 39.3 Å². The van der Waals surface area contributed by atoms with Gasteiger partial charge in [0.15, 0.2) is 0 Å². The molecule has 0 saturated heterocycles. The van der Waals surface area contributed by atoms with Crippen LogP contribution in [0.25, 0.3) is 12.2 Å². The van der Waals surface area contributed by atoms with Crippen LogP contribution in [0.4, 0.5) is 11.4 Å². The average molecular weight is 381 g/mol. The van der Waals surface area contributed by atoms with E-state index in [1.807, 2.05) is 0 Å². The number of nitro groups is 1. The fraction of sp³-hybridized carbons (Fsp3) is 0. The molecule has 0 unspecified atom stereocenters. The molecule has 1 heterocycles. The van der Waals surface area contributed by atoms with Gasteiger partial charge in [0.25, 0.3) is 11.6 Å². The lowest BCUT2D eigenvalue weighted by molar-refractivity contribution is -0.384. The van der Waals surface area contributed by atoms with E-state index in [4.69, 9.17) is 0 Å². The summed E-state index contributed by atoms with van der Waals surface area (Å²) in [4.78, 5) is 22.6. The predicted molar refractivity (Wildman–Crippen MR) is 98.0 cm³/mol. The summed E-state index contributed by atoms with van der Waals surface area (Å²) in [6.45, 7) is 0. The van der Waals surface area contributed by atoms with Gasteiger partial charge < -0.3 is 5.32 Å². The van der Waals surface area contributed by atoms with E-state index in [0.717, 1.165) is 5.41 Å². The minimum Gasteiger partial charge on any atom is -0.321 e. The summed E-state index contributed by atoms with van der Waals surface area (Å²) in [6, 6.07) is 11.6. The minimum atomic E-state index is -3.53. The Morgan fingerprint density at radius 3 is 2.70 bits per heavy atom. The number of nitro benzene ring substituents is 1. The van der Waals surface area contributed by atoms with E-state index in [9.17, 15) is 28.6 Å². The van der Waals surface area contributed by atoms with Gasteiger partial charge in [-0.2, -0.15) is 5.26 Å². The number of carbonyl (C=O) groups is 1. The molecule has 3 rings (SSSR count). The van der Waals surface area contributed by atoms with Crippen molar-refractivity contribution in [3.05, 3.63) is 74.7 Å². The van der Waals surface area contributed by atoms with Crippen molar-refractivity contribution in [3.8, 4) is 6.07 Å². The number of benzene rings is 2. The smallest absolute Gasteiger partial charge is 0.270 e. The van der Waals surface area contributed by atoms with Crippen LogP contribution in [-0.2, 0) is 14.6 Å². The Kier molecular flexibility index (Phi) is 4.58. The molecule has 134 valence electrons. The number of anilines is 1. The molecule has 0 radical (unpaired) electrons. The lowest BCUT2D eigenvalue weighted by Gasteiger charge is -2.07. The number of non-ortho nitro benzene ring substituents is 1. The Labute approximate surface area is 154 Å². The van der Waals surface area contributed by atoms with E-state index < -0.39 is 20.7 Å². The van der Waals surface area contributed by atoms with E-state index in [1.54, 1.807) is 12.1 Å². The zero-order chi connectivity index (χ0) is 19.6. The number of hydrogen-bond donors (Lipinski definition) is 1. The van der Waals surface area contributed by atoms with Crippen molar-refractivity contribution in [3.63, 3.8) is 0 Å². The Morgan fingerprint density at radius 2 is 2.00 bits per heavy atom. The maximum atomic E-state index is 12.3. The number of hydrogen-bond acceptors (Lipinski definition) is 6. The van der Waals surface area contributed by atoms with E-state index in [0.29, 0.717) is 11.1 Å². The molecule has 1 aliphatic heterocycles. The molecular weight excluding hydrogens is 370 g/mol. The summed E-state index contributed by atoms with van der Waals surface area (Å²) in [7, 11) is -3.53. The van der Waals surface area contributed by atoms with Gasteiger partial charge in [-0.05, 0) is 35.4 Å². The third-order valence-corrected chi connectivity index (χ3v) is 5.22. The Hall–Kier alpha value is -3.77.